The first-order chi connectivity index (χ1) is 16.6. The predicted octanol–water partition coefficient (Wildman–Crippen LogP) is 4.28. The van der Waals surface area contributed by atoms with Crippen LogP contribution >= 0.6 is 0 Å². The molecule has 2 heterocycles. The van der Waals surface area contributed by atoms with Crippen LogP contribution in [0.3, 0.4) is 0 Å². The number of fused-ring (bicyclic) bond motifs is 1. The molecule has 35 heavy (non-hydrogen) atoms. The van der Waals surface area contributed by atoms with Crippen molar-refractivity contribution in [1.29, 1.82) is 5.26 Å². The van der Waals surface area contributed by atoms with Crippen LogP contribution in [0.1, 0.15) is 50.6 Å². The van der Waals surface area contributed by atoms with E-state index in [1.807, 2.05) is 6.07 Å². The number of hydrogen-bond acceptors (Lipinski definition) is 5. The first kappa shape index (κ1) is 23.4. The molecule has 0 aliphatic rings. The zero-order valence-corrected chi connectivity index (χ0v) is 18.2. The van der Waals surface area contributed by atoms with Gasteiger partial charge in [-0.25, -0.2) is 4.98 Å². The topological polar surface area (TPSA) is 127 Å². The summed E-state index contributed by atoms with van der Waals surface area (Å²) in [6.45, 7) is 1.63. The molecular weight excluding hydrogens is 461 g/mol. The first-order valence-corrected chi connectivity index (χ1v) is 10.3. The number of nitriles is 1. The van der Waals surface area contributed by atoms with Gasteiger partial charge in [-0.15, -0.1) is 0 Å². The molecule has 4 rings (SSSR count). The number of carbonyl (C=O) groups is 2. The Morgan fingerprint density at radius 1 is 1.14 bits per heavy atom. The van der Waals surface area contributed by atoms with Crippen molar-refractivity contribution >= 4 is 28.4 Å². The number of anilines is 1. The minimum absolute atomic E-state index is 0.0644. The van der Waals surface area contributed by atoms with E-state index in [1.54, 1.807) is 55.5 Å². The number of benzene rings is 2. The highest BCUT2D eigenvalue weighted by Gasteiger charge is 2.38. The van der Waals surface area contributed by atoms with Crippen molar-refractivity contribution in [2.45, 2.75) is 19.1 Å². The van der Waals surface area contributed by atoms with Crippen LogP contribution in [0.5, 0.6) is 0 Å². The van der Waals surface area contributed by atoms with E-state index >= 15 is 0 Å². The monoisotopic (exact) mass is 478 g/mol. The van der Waals surface area contributed by atoms with Gasteiger partial charge < -0.3 is 11.1 Å². The Balaban J connectivity index is 1.74. The van der Waals surface area contributed by atoms with Crippen molar-refractivity contribution in [1.82, 2.24) is 14.8 Å². The average molecular weight is 478 g/mol. The number of halogens is 3. The maximum Gasteiger partial charge on any atom is 0.437 e. The Morgan fingerprint density at radius 3 is 2.46 bits per heavy atom. The van der Waals surface area contributed by atoms with Crippen molar-refractivity contribution in [3.63, 3.8) is 0 Å². The van der Waals surface area contributed by atoms with E-state index in [-0.39, 0.29) is 16.8 Å². The molecule has 176 valence electrons. The zero-order chi connectivity index (χ0) is 25.3. The van der Waals surface area contributed by atoms with E-state index in [0.717, 1.165) is 16.9 Å². The van der Waals surface area contributed by atoms with Gasteiger partial charge in [-0.05, 0) is 36.8 Å². The van der Waals surface area contributed by atoms with Gasteiger partial charge in [0, 0.05) is 11.6 Å². The van der Waals surface area contributed by atoms with Crippen LogP contribution in [-0.2, 0) is 6.18 Å². The molecular formula is C24H17F3N6O2. The van der Waals surface area contributed by atoms with Crippen LogP contribution in [0.25, 0.3) is 10.9 Å². The maximum absolute atomic E-state index is 13.8. The lowest BCUT2D eigenvalue weighted by atomic mass is 10.1. The molecule has 11 heteroatoms. The van der Waals surface area contributed by atoms with Gasteiger partial charge in [0.1, 0.15) is 5.69 Å². The number of amides is 2. The Bertz CT molecular complexity index is 1490. The minimum atomic E-state index is -4.85. The molecule has 1 atom stereocenters. The average Bonchev–Trinajstić information content (AvgIpc) is 3.27. The summed E-state index contributed by atoms with van der Waals surface area (Å²) in [5, 5.41) is 15.2. The number of rotatable bonds is 5. The van der Waals surface area contributed by atoms with Crippen LogP contribution in [-0.4, -0.2) is 26.6 Å². The Morgan fingerprint density at radius 2 is 1.83 bits per heavy atom. The third kappa shape index (κ3) is 4.67. The molecule has 0 fully saturated rings. The molecule has 0 spiro atoms. The Kier molecular flexibility index (Phi) is 5.96. The molecule has 0 aliphatic carbocycles. The smallest absolute Gasteiger partial charge is 0.364 e. The fourth-order valence-electron chi connectivity index (χ4n) is 3.56. The number of alkyl halides is 3. The number of pyridine rings is 1. The molecule has 2 aromatic heterocycles. The number of aromatic nitrogens is 3. The lowest BCUT2D eigenvalue weighted by Crippen LogP contribution is -2.19. The number of para-hydroxylation sites is 1. The summed E-state index contributed by atoms with van der Waals surface area (Å²) >= 11 is 0. The summed E-state index contributed by atoms with van der Waals surface area (Å²) in [4.78, 5) is 28.8. The zero-order valence-electron chi connectivity index (χ0n) is 18.2. The molecule has 4 aromatic rings. The Hall–Kier alpha value is -4.72. The molecule has 0 saturated heterocycles. The quantitative estimate of drug-likeness (QED) is 0.443. The minimum Gasteiger partial charge on any atom is -0.364 e. The van der Waals surface area contributed by atoms with Crippen molar-refractivity contribution in [3.05, 3.63) is 88.9 Å². The molecule has 8 nitrogen and oxygen atoms in total. The number of nitrogens with zero attached hydrogens (tertiary/aromatic N) is 4. The summed E-state index contributed by atoms with van der Waals surface area (Å²) in [5.74, 6) is -1.77. The summed E-state index contributed by atoms with van der Waals surface area (Å²) in [6, 6.07) is 15.2. The van der Waals surface area contributed by atoms with E-state index < -0.39 is 35.4 Å². The van der Waals surface area contributed by atoms with Gasteiger partial charge in [-0.2, -0.15) is 23.5 Å². The maximum atomic E-state index is 13.8. The normalized spacial score (nSPS) is 12.2. The summed E-state index contributed by atoms with van der Waals surface area (Å²) < 4.78 is 42.4. The van der Waals surface area contributed by atoms with Crippen molar-refractivity contribution in [3.8, 4) is 6.07 Å². The fraction of sp³-hybridized carbons (Fsp3) is 0.125. The first-order valence-electron chi connectivity index (χ1n) is 10.3. The lowest BCUT2D eigenvalue weighted by Gasteiger charge is -2.12. The van der Waals surface area contributed by atoms with Gasteiger partial charge in [0.25, 0.3) is 11.8 Å². The summed E-state index contributed by atoms with van der Waals surface area (Å²) in [6.07, 6.45) is -3.76. The molecule has 2 aromatic carbocycles. The summed E-state index contributed by atoms with van der Waals surface area (Å²) in [7, 11) is 0. The van der Waals surface area contributed by atoms with Gasteiger partial charge in [-0.1, -0.05) is 30.3 Å². The number of hydrogen-bond donors (Lipinski definition) is 2. The van der Waals surface area contributed by atoms with E-state index in [4.69, 9.17) is 11.0 Å². The van der Waals surface area contributed by atoms with Gasteiger partial charge in [0.2, 0.25) is 0 Å². The van der Waals surface area contributed by atoms with E-state index in [1.165, 1.54) is 0 Å². The van der Waals surface area contributed by atoms with Crippen molar-refractivity contribution in [2.24, 2.45) is 5.73 Å². The lowest BCUT2D eigenvalue weighted by molar-refractivity contribution is -0.140. The predicted molar refractivity (Wildman–Crippen MR) is 120 cm³/mol. The standard InChI is InChI=1S/C24H17F3N6O2/c1-13(15-8-6-14(11-28)7-9-15)33-12-20(21(32-33)24(25,26)27)31-23(35)17-10-19(22(29)34)30-18-5-3-2-4-16(17)18/h2-10,12-13H,1H3,(H2,29,34)(H,31,35). The highest BCUT2D eigenvalue weighted by atomic mass is 19.4. The largest absolute Gasteiger partial charge is 0.437 e. The van der Waals surface area contributed by atoms with E-state index in [9.17, 15) is 22.8 Å². The van der Waals surface area contributed by atoms with Gasteiger partial charge in [-0.3, -0.25) is 14.3 Å². The molecule has 0 bridgehead atoms. The molecule has 0 saturated carbocycles. The number of nitrogens with two attached hydrogens (primary N) is 1. The number of primary amides is 1. The van der Waals surface area contributed by atoms with E-state index in [0.29, 0.717) is 16.5 Å². The van der Waals surface area contributed by atoms with Gasteiger partial charge >= 0.3 is 6.18 Å². The second-order valence-electron chi connectivity index (χ2n) is 7.67. The fourth-order valence-corrected chi connectivity index (χ4v) is 3.56. The third-order valence-electron chi connectivity index (χ3n) is 5.38. The molecule has 3 N–H and O–H groups in total. The van der Waals surface area contributed by atoms with Crippen LogP contribution < -0.4 is 11.1 Å². The number of carbonyl (C=O) groups excluding carboxylic acids is 2. The number of nitrogens with one attached hydrogen (secondary N) is 1. The molecule has 2 amide bonds. The molecule has 1 unspecified atom stereocenters. The molecule has 0 aliphatic heterocycles. The second-order valence-corrected chi connectivity index (χ2v) is 7.67. The van der Waals surface area contributed by atoms with Gasteiger partial charge in [0.05, 0.1) is 34.4 Å². The van der Waals surface area contributed by atoms with Crippen LogP contribution in [0.4, 0.5) is 18.9 Å². The summed E-state index contributed by atoms with van der Waals surface area (Å²) in [5.41, 5.74) is 4.52. The van der Waals surface area contributed by atoms with Gasteiger partial charge in [0.15, 0.2) is 5.69 Å². The third-order valence-corrected chi connectivity index (χ3v) is 5.38. The Labute approximate surface area is 196 Å². The highest BCUT2D eigenvalue weighted by molar-refractivity contribution is 6.13. The SMILES string of the molecule is CC(c1ccc(C#N)cc1)n1cc(NC(=O)c2cc(C(N)=O)nc3ccccc23)c(C(F)(F)F)n1. The van der Waals surface area contributed by atoms with Crippen molar-refractivity contribution < 1.29 is 22.8 Å². The van der Waals surface area contributed by atoms with Crippen LogP contribution in [0.2, 0.25) is 0 Å². The molecule has 0 radical (unpaired) electrons. The van der Waals surface area contributed by atoms with Crippen LogP contribution in [0.15, 0.2) is 60.8 Å². The highest BCUT2D eigenvalue weighted by Crippen LogP contribution is 2.35. The van der Waals surface area contributed by atoms with E-state index in [2.05, 4.69) is 15.4 Å². The van der Waals surface area contributed by atoms with Crippen molar-refractivity contribution in [2.75, 3.05) is 5.32 Å². The van der Waals surface area contributed by atoms with Crippen LogP contribution in [0, 0.1) is 11.3 Å². The second kappa shape index (κ2) is 8.90.